The van der Waals surface area contributed by atoms with Gasteiger partial charge in [-0.2, -0.15) is 0 Å². The Bertz CT molecular complexity index is 681. The van der Waals surface area contributed by atoms with Crippen molar-refractivity contribution in [2.24, 2.45) is 4.99 Å². The first-order valence-electron chi connectivity index (χ1n) is 7.37. The van der Waals surface area contributed by atoms with Crippen molar-refractivity contribution in [3.63, 3.8) is 0 Å². The maximum atomic E-state index is 11.3. The molecule has 0 amide bonds. The zero-order chi connectivity index (χ0) is 16.3. The number of allylic oxidation sites excluding steroid dienone is 2. The molecule has 0 spiro atoms. The van der Waals surface area contributed by atoms with Crippen LogP contribution in [0, 0.1) is 6.92 Å². The van der Waals surface area contributed by atoms with E-state index in [1.807, 2.05) is 13.1 Å². The second kappa shape index (κ2) is 7.09. The summed E-state index contributed by atoms with van der Waals surface area (Å²) in [6.07, 6.45) is 5.94. The zero-order valence-corrected chi connectivity index (χ0v) is 15.0. The minimum atomic E-state index is -0.191. The van der Waals surface area contributed by atoms with Crippen molar-refractivity contribution < 1.29 is 9.53 Å². The highest BCUT2D eigenvalue weighted by atomic mass is 79.9. The van der Waals surface area contributed by atoms with Crippen LogP contribution in [0.5, 0.6) is 0 Å². The number of H-pyrrole nitrogens is 1. The van der Waals surface area contributed by atoms with Crippen LogP contribution in [0.2, 0.25) is 0 Å². The van der Waals surface area contributed by atoms with Crippen LogP contribution in [-0.4, -0.2) is 24.3 Å². The Balaban J connectivity index is 2.24. The largest absolute Gasteiger partial charge is 0.469 e. The summed E-state index contributed by atoms with van der Waals surface area (Å²) in [6.45, 7) is 6.29. The number of aliphatic imine (C=N–C) groups is 1. The number of carbonyl (C=O) groups is 1. The standard InChI is InChI=1S/C17H21BrN2O2/c1-5-13-11(3)17(18)20-15(13)8-14-10(2)12(9-19-14)6-7-16(21)22-4/h8-9,20H,5-7H2,1-4H3/b14-8-. The fourth-order valence-electron chi connectivity index (χ4n) is 2.58. The topological polar surface area (TPSA) is 54.4 Å². The normalized spacial score (nSPS) is 16.0. The SMILES string of the molecule is CCc1c(/C=C2\N=CC(CCC(=O)OC)=C2C)[nH]c(Br)c1C. The minimum absolute atomic E-state index is 0.191. The summed E-state index contributed by atoms with van der Waals surface area (Å²) >= 11 is 3.55. The molecule has 0 radical (unpaired) electrons. The molecule has 1 N–H and O–H groups in total. The molecule has 0 aromatic carbocycles. The molecule has 1 aromatic rings. The van der Waals surface area contributed by atoms with Gasteiger partial charge in [-0.25, -0.2) is 0 Å². The molecule has 0 atom stereocenters. The van der Waals surface area contributed by atoms with Gasteiger partial charge in [0, 0.05) is 18.3 Å². The van der Waals surface area contributed by atoms with E-state index in [-0.39, 0.29) is 5.97 Å². The molecule has 0 unspecified atom stereocenters. The van der Waals surface area contributed by atoms with Gasteiger partial charge < -0.3 is 9.72 Å². The van der Waals surface area contributed by atoms with Crippen LogP contribution < -0.4 is 0 Å². The first kappa shape index (κ1) is 16.7. The van der Waals surface area contributed by atoms with E-state index in [0.29, 0.717) is 12.8 Å². The third-order valence-corrected chi connectivity index (χ3v) is 4.83. The molecule has 1 aliphatic heterocycles. The summed E-state index contributed by atoms with van der Waals surface area (Å²) in [4.78, 5) is 19.1. The summed E-state index contributed by atoms with van der Waals surface area (Å²) in [5, 5.41) is 0. The highest BCUT2D eigenvalue weighted by Crippen LogP contribution is 2.30. The molecule has 1 aromatic heterocycles. The van der Waals surface area contributed by atoms with Gasteiger partial charge in [0.25, 0.3) is 0 Å². The van der Waals surface area contributed by atoms with Crippen LogP contribution >= 0.6 is 15.9 Å². The summed E-state index contributed by atoms with van der Waals surface area (Å²) in [5.74, 6) is -0.191. The van der Waals surface area contributed by atoms with Gasteiger partial charge in [0.05, 0.1) is 17.4 Å². The van der Waals surface area contributed by atoms with Crippen molar-refractivity contribution in [1.29, 1.82) is 0 Å². The van der Waals surface area contributed by atoms with E-state index in [1.165, 1.54) is 18.2 Å². The van der Waals surface area contributed by atoms with Gasteiger partial charge in [-0.3, -0.25) is 9.79 Å². The average Bonchev–Trinajstić information content (AvgIpc) is 2.98. The molecule has 0 aliphatic carbocycles. The van der Waals surface area contributed by atoms with Crippen molar-refractivity contribution in [3.05, 3.63) is 38.3 Å². The highest BCUT2D eigenvalue weighted by molar-refractivity contribution is 9.10. The van der Waals surface area contributed by atoms with E-state index < -0.39 is 0 Å². The number of aromatic amines is 1. The second-order valence-corrected chi connectivity index (χ2v) is 6.12. The fourth-order valence-corrected chi connectivity index (χ4v) is 3.03. The Kier molecular flexibility index (Phi) is 5.40. The molecule has 2 rings (SSSR count). The fraction of sp³-hybridized carbons (Fsp3) is 0.412. The number of methoxy groups -OCH3 is 1. The van der Waals surface area contributed by atoms with Crippen molar-refractivity contribution in [2.75, 3.05) is 7.11 Å². The van der Waals surface area contributed by atoms with Crippen molar-refractivity contribution in [3.8, 4) is 0 Å². The predicted octanol–water partition coefficient (Wildman–Crippen LogP) is 4.34. The maximum Gasteiger partial charge on any atom is 0.305 e. The first-order chi connectivity index (χ1) is 10.5. The number of nitrogens with one attached hydrogen (secondary N) is 1. The van der Waals surface area contributed by atoms with Gasteiger partial charge in [0.1, 0.15) is 0 Å². The molecule has 2 heterocycles. The lowest BCUT2D eigenvalue weighted by Gasteiger charge is -2.03. The Labute approximate surface area is 139 Å². The smallest absolute Gasteiger partial charge is 0.305 e. The van der Waals surface area contributed by atoms with E-state index >= 15 is 0 Å². The molecule has 0 saturated heterocycles. The molecule has 1 aliphatic rings. The van der Waals surface area contributed by atoms with Crippen LogP contribution in [-0.2, 0) is 16.0 Å². The lowest BCUT2D eigenvalue weighted by Crippen LogP contribution is -2.00. The lowest BCUT2D eigenvalue weighted by atomic mass is 10.0. The van der Waals surface area contributed by atoms with Gasteiger partial charge in [0.2, 0.25) is 0 Å². The number of aromatic nitrogens is 1. The van der Waals surface area contributed by atoms with Gasteiger partial charge in [-0.15, -0.1) is 0 Å². The van der Waals surface area contributed by atoms with Crippen molar-refractivity contribution >= 4 is 34.2 Å². The Morgan fingerprint density at radius 3 is 2.82 bits per heavy atom. The van der Waals surface area contributed by atoms with Crippen LogP contribution in [0.1, 0.15) is 43.5 Å². The lowest BCUT2D eigenvalue weighted by molar-refractivity contribution is -0.140. The molecule has 118 valence electrons. The van der Waals surface area contributed by atoms with Crippen molar-refractivity contribution in [1.82, 2.24) is 4.98 Å². The first-order valence-corrected chi connectivity index (χ1v) is 8.16. The average molecular weight is 365 g/mol. The number of rotatable bonds is 5. The van der Waals surface area contributed by atoms with Crippen LogP contribution in [0.4, 0.5) is 0 Å². The predicted molar refractivity (Wildman–Crippen MR) is 93.0 cm³/mol. The van der Waals surface area contributed by atoms with Gasteiger partial charge in [0.15, 0.2) is 0 Å². The van der Waals surface area contributed by atoms with E-state index in [4.69, 9.17) is 0 Å². The second-order valence-electron chi connectivity index (χ2n) is 5.32. The maximum absolute atomic E-state index is 11.3. The number of esters is 1. The van der Waals surface area contributed by atoms with Gasteiger partial charge in [-0.1, -0.05) is 6.92 Å². The van der Waals surface area contributed by atoms with E-state index in [1.54, 1.807) is 0 Å². The van der Waals surface area contributed by atoms with Crippen LogP contribution in [0.25, 0.3) is 6.08 Å². The molecular weight excluding hydrogens is 344 g/mol. The van der Waals surface area contributed by atoms with E-state index in [9.17, 15) is 4.79 Å². The number of nitrogens with zero attached hydrogens (tertiary/aromatic N) is 1. The summed E-state index contributed by atoms with van der Waals surface area (Å²) < 4.78 is 5.70. The molecule has 4 nitrogen and oxygen atoms in total. The molecule has 0 fully saturated rings. The minimum Gasteiger partial charge on any atom is -0.469 e. The molecule has 0 bridgehead atoms. The Morgan fingerprint density at radius 1 is 1.45 bits per heavy atom. The molecule has 5 heteroatoms. The number of hydrogen-bond acceptors (Lipinski definition) is 3. The van der Waals surface area contributed by atoms with Gasteiger partial charge in [-0.05, 0) is 71.0 Å². The number of ether oxygens (including phenoxy) is 1. The molecule has 22 heavy (non-hydrogen) atoms. The quantitative estimate of drug-likeness (QED) is 0.789. The van der Waals surface area contributed by atoms with E-state index in [2.05, 4.69) is 50.6 Å². The molecular formula is C17H21BrN2O2. The monoisotopic (exact) mass is 364 g/mol. The summed E-state index contributed by atoms with van der Waals surface area (Å²) in [7, 11) is 1.41. The summed E-state index contributed by atoms with van der Waals surface area (Å²) in [5.41, 5.74) is 6.79. The number of carbonyl (C=O) groups excluding carboxylic acids is 1. The summed E-state index contributed by atoms with van der Waals surface area (Å²) in [6, 6.07) is 0. The number of hydrogen-bond donors (Lipinski definition) is 1. The highest BCUT2D eigenvalue weighted by Gasteiger charge is 2.16. The van der Waals surface area contributed by atoms with Crippen molar-refractivity contribution in [2.45, 2.75) is 40.0 Å². The third-order valence-electron chi connectivity index (χ3n) is 4.04. The Hall–Kier alpha value is -1.62. The number of halogens is 1. The van der Waals surface area contributed by atoms with Crippen LogP contribution in [0.15, 0.2) is 26.4 Å². The zero-order valence-electron chi connectivity index (χ0n) is 13.4. The van der Waals surface area contributed by atoms with E-state index in [0.717, 1.165) is 33.6 Å². The Morgan fingerprint density at radius 2 is 2.18 bits per heavy atom. The third kappa shape index (κ3) is 3.40. The van der Waals surface area contributed by atoms with Gasteiger partial charge >= 0.3 is 5.97 Å². The van der Waals surface area contributed by atoms with Crippen LogP contribution in [0.3, 0.4) is 0 Å². The molecule has 0 saturated carbocycles.